The van der Waals surface area contributed by atoms with Crippen LogP contribution in [0.5, 0.6) is 0 Å². The van der Waals surface area contributed by atoms with Crippen LogP contribution in [0.1, 0.15) is 15.9 Å². The van der Waals surface area contributed by atoms with Crippen molar-refractivity contribution in [3.05, 3.63) is 62.6 Å². The zero-order valence-corrected chi connectivity index (χ0v) is 12.5. The van der Waals surface area contributed by atoms with Crippen LogP contribution in [-0.4, -0.2) is 5.97 Å². The molecular formula is C14H10Cl3NO2. The number of hydrogen-bond donors (Lipinski definition) is 1. The molecule has 0 spiro atoms. The first-order valence-electron chi connectivity index (χ1n) is 5.64. The van der Waals surface area contributed by atoms with Gasteiger partial charge in [-0.1, -0.05) is 53.0 Å². The van der Waals surface area contributed by atoms with Crippen LogP contribution in [0.4, 0.5) is 5.69 Å². The maximum absolute atomic E-state index is 11.9. The molecule has 2 aromatic rings. The van der Waals surface area contributed by atoms with E-state index in [0.29, 0.717) is 21.3 Å². The second-order valence-corrected chi connectivity index (χ2v) is 5.16. The van der Waals surface area contributed by atoms with E-state index in [1.54, 1.807) is 36.4 Å². The normalized spacial score (nSPS) is 10.3. The molecule has 104 valence electrons. The summed E-state index contributed by atoms with van der Waals surface area (Å²) in [4.78, 5) is 11.9. The predicted molar refractivity (Wildman–Crippen MR) is 81.4 cm³/mol. The number of rotatable bonds is 3. The number of carbonyl (C=O) groups is 1. The summed E-state index contributed by atoms with van der Waals surface area (Å²) in [5.41, 5.74) is 6.78. The molecule has 0 aromatic heterocycles. The average Bonchev–Trinajstić information content (AvgIpc) is 2.43. The molecule has 0 fully saturated rings. The molecule has 0 bridgehead atoms. The van der Waals surface area contributed by atoms with Crippen LogP contribution >= 0.6 is 34.8 Å². The average molecular weight is 331 g/mol. The highest BCUT2D eigenvalue weighted by atomic mass is 35.5. The highest BCUT2D eigenvalue weighted by Gasteiger charge is 2.14. The third-order valence-corrected chi connectivity index (χ3v) is 3.92. The summed E-state index contributed by atoms with van der Waals surface area (Å²) >= 11 is 17.8. The SMILES string of the molecule is Nc1cccc(C(=O)OCc2cccc(Cl)c2Cl)c1Cl. The van der Waals surface area contributed by atoms with Crippen LogP contribution < -0.4 is 5.73 Å². The molecule has 0 aliphatic heterocycles. The smallest absolute Gasteiger partial charge is 0.340 e. The van der Waals surface area contributed by atoms with Crippen molar-refractivity contribution in [3.63, 3.8) is 0 Å². The molecule has 20 heavy (non-hydrogen) atoms. The van der Waals surface area contributed by atoms with Crippen molar-refractivity contribution in [1.82, 2.24) is 0 Å². The molecule has 0 heterocycles. The lowest BCUT2D eigenvalue weighted by Crippen LogP contribution is -2.07. The summed E-state index contributed by atoms with van der Waals surface area (Å²) in [5, 5.41) is 0.942. The van der Waals surface area contributed by atoms with Gasteiger partial charge in [0.2, 0.25) is 0 Å². The molecule has 0 saturated carbocycles. The van der Waals surface area contributed by atoms with E-state index in [4.69, 9.17) is 45.3 Å². The zero-order chi connectivity index (χ0) is 14.7. The third kappa shape index (κ3) is 3.18. The first kappa shape index (κ1) is 15.0. The van der Waals surface area contributed by atoms with Crippen molar-refractivity contribution in [2.45, 2.75) is 6.61 Å². The Bertz CT molecular complexity index is 659. The molecule has 2 N–H and O–H groups in total. The fraction of sp³-hybridized carbons (Fsp3) is 0.0714. The van der Waals surface area contributed by atoms with E-state index in [0.717, 1.165) is 0 Å². The van der Waals surface area contributed by atoms with E-state index in [1.165, 1.54) is 0 Å². The van der Waals surface area contributed by atoms with Crippen LogP contribution in [0.15, 0.2) is 36.4 Å². The minimum Gasteiger partial charge on any atom is -0.457 e. The number of nitrogen functional groups attached to an aromatic ring is 1. The van der Waals surface area contributed by atoms with Crippen LogP contribution in [0.2, 0.25) is 15.1 Å². The van der Waals surface area contributed by atoms with Gasteiger partial charge < -0.3 is 10.5 Å². The molecule has 0 atom stereocenters. The second kappa shape index (κ2) is 6.35. The van der Waals surface area contributed by atoms with Crippen LogP contribution in [0.3, 0.4) is 0 Å². The molecule has 0 unspecified atom stereocenters. The third-order valence-electron chi connectivity index (χ3n) is 2.64. The Morgan fingerprint density at radius 1 is 1.05 bits per heavy atom. The largest absolute Gasteiger partial charge is 0.457 e. The van der Waals surface area contributed by atoms with Gasteiger partial charge in [0.05, 0.1) is 26.3 Å². The quantitative estimate of drug-likeness (QED) is 0.661. The monoisotopic (exact) mass is 329 g/mol. The number of halogens is 3. The second-order valence-electron chi connectivity index (χ2n) is 4.00. The minimum absolute atomic E-state index is 0.00333. The van der Waals surface area contributed by atoms with Crippen molar-refractivity contribution in [2.24, 2.45) is 0 Å². The van der Waals surface area contributed by atoms with Gasteiger partial charge >= 0.3 is 5.97 Å². The highest BCUT2D eigenvalue weighted by molar-refractivity contribution is 6.42. The Labute approximate surface area is 131 Å². The van der Waals surface area contributed by atoms with Gasteiger partial charge in [-0.15, -0.1) is 0 Å². The van der Waals surface area contributed by atoms with Crippen molar-refractivity contribution in [2.75, 3.05) is 5.73 Å². The lowest BCUT2D eigenvalue weighted by atomic mass is 10.2. The maximum atomic E-state index is 11.9. The van der Waals surface area contributed by atoms with Crippen LogP contribution in [0.25, 0.3) is 0 Å². The van der Waals surface area contributed by atoms with Gasteiger partial charge in [-0.3, -0.25) is 0 Å². The minimum atomic E-state index is -0.571. The summed E-state index contributed by atoms with van der Waals surface area (Å²) in [6, 6.07) is 9.88. The van der Waals surface area contributed by atoms with E-state index in [2.05, 4.69) is 0 Å². The topological polar surface area (TPSA) is 52.3 Å². The summed E-state index contributed by atoms with van der Waals surface area (Å²) in [6.07, 6.45) is 0. The van der Waals surface area contributed by atoms with E-state index in [-0.39, 0.29) is 17.2 Å². The summed E-state index contributed by atoms with van der Waals surface area (Å²) in [5.74, 6) is -0.571. The molecule has 2 aromatic carbocycles. The van der Waals surface area contributed by atoms with Crippen molar-refractivity contribution < 1.29 is 9.53 Å². The van der Waals surface area contributed by atoms with Gasteiger partial charge in [-0.25, -0.2) is 4.79 Å². The number of ether oxygens (including phenoxy) is 1. The molecular weight excluding hydrogens is 321 g/mol. The predicted octanol–water partition coefficient (Wildman–Crippen LogP) is 4.59. The Morgan fingerprint density at radius 3 is 2.50 bits per heavy atom. The number of hydrogen-bond acceptors (Lipinski definition) is 3. The fourth-order valence-electron chi connectivity index (χ4n) is 1.59. The molecule has 0 radical (unpaired) electrons. The van der Waals surface area contributed by atoms with Gasteiger partial charge in [0, 0.05) is 5.56 Å². The van der Waals surface area contributed by atoms with Crippen molar-refractivity contribution in [3.8, 4) is 0 Å². The molecule has 0 aliphatic carbocycles. The van der Waals surface area contributed by atoms with E-state index >= 15 is 0 Å². The summed E-state index contributed by atoms with van der Waals surface area (Å²) in [7, 11) is 0. The molecule has 6 heteroatoms. The van der Waals surface area contributed by atoms with Gasteiger partial charge in [-0.05, 0) is 18.2 Å². The van der Waals surface area contributed by atoms with Crippen molar-refractivity contribution >= 4 is 46.5 Å². The van der Waals surface area contributed by atoms with Gasteiger partial charge in [0.1, 0.15) is 6.61 Å². The van der Waals surface area contributed by atoms with E-state index < -0.39 is 5.97 Å². The van der Waals surface area contributed by atoms with Crippen molar-refractivity contribution in [1.29, 1.82) is 0 Å². The Balaban J connectivity index is 2.13. The number of carbonyl (C=O) groups excluding carboxylic acids is 1. The number of esters is 1. The molecule has 0 aliphatic rings. The van der Waals surface area contributed by atoms with Gasteiger partial charge in [0.15, 0.2) is 0 Å². The lowest BCUT2D eigenvalue weighted by molar-refractivity contribution is 0.0473. The molecule has 3 nitrogen and oxygen atoms in total. The van der Waals surface area contributed by atoms with Gasteiger partial charge in [-0.2, -0.15) is 0 Å². The fourth-order valence-corrected chi connectivity index (χ4v) is 2.17. The van der Waals surface area contributed by atoms with Crippen LogP contribution in [-0.2, 0) is 11.3 Å². The molecule has 2 rings (SSSR count). The number of benzene rings is 2. The summed E-state index contributed by atoms with van der Waals surface area (Å²) in [6.45, 7) is 0.00333. The first-order valence-corrected chi connectivity index (χ1v) is 6.78. The lowest BCUT2D eigenvalue weighted by Gasteiger charge is -2.09. The summed E-state index contributed by atoms with van der Waals surface area (Å²) < 4.78 is 5.16. The number of nitrogens with two attached hydrogens (primary N) is 1. The number of anilines is 1. The van der Waals surface area contributed by atoms with Crippen LogP contribution in [0, 0.1) is 0 Å². The zero-order valence-electron chi connectivity index (χ0n) is 10.2. The Hall–Kier alpha value is -1.42. The van der Waals surface area contributed by atoms with E-state index in [1.807, 2.05) is 0 Å². The Morgan fingerprint density at radius 2 is 1.75 bits per heavy atom. The maximum Gasteiger partial charge on any atom is 0.340 e. The standard InChI is InChI=1S/C14H10Cl3NO2/c15-10-5-1-3-8(12(10)16)7-20-14(19)9-4-2-6-11(18)13(9)17/h1-6H,7,18H2. The molecule has 0 saturated heterocycles. The molecule has 0 amide bonds. The van der Waals surface area contributed by atoms with E-state index in [9.17, 15) is 4.79 Å². The van der Waals surface area contributed by atoms with Gasteiger partial charge in [0.25, 0.3) is 0 Å². The Kier molecular flexibility index (Phi) is 4.76. The first-order chi connectivity index (χ1) is 9.50. The highest BCUT2D eigenvalue weighted by Crippen LogP contribution is 2.27.